The normalized spacial score (nSPS) is 16.3. The first-order valence-corrected chi connectivity index (χ1v) is 14.3. The molecule has 0 saturated carbocycles. The Bertz CT molecular complexity index is 1930. The van der Waals surface area contributed by atoms with E-state index in [-0.39, 0.29) is 38.8 Å². The van der Waals surface area contributed by atoms with E-state index >= 15 is 0 Å². The molecule has 6 nitrogen and oxygen atoms in total. The van der Waals surface area contributed by atoms with Gasteiger partial charge in [0.25, 0.3) is 23.6 Å². The van der Waals surface area contributed by atoms with Crippen molar-refractivity contribution in [1.82, 2.24) is 4.90 Å². The van der Waals surface area contributed by atoms with Crippen LogP contribution in [0.3, 0.4) is 0 Å². The van der Waals surface area contributed by atoms with Gasteiger partial charge in [-0.25, -0.2) is 4.90 Å². The minimum absolute atomic E-state index is 0.00584. The predicted molar refractivity (Wildman–Crippen MR) is 163 cm³/mol. The number of nitrogens with zero attached hydrogens (tertiary/aromatic N) is 2. The molecule has 0 N–H and O–H groups in total. The topological polar surface area (TPSA) is 74.8 Å². The number of anilines is 1. The molecule has 1 atom stereocenters. The second-order valence-electron chi connectivity index (χ2n) is 12.3. The SMILES string of the molecule is Cc1ccc(C(C)(C)c2ccc(N3C(=O)c4ccc(C(C)(c5ccc6c(c5)C(=O)N(C)C6=O)C(F)(F)F)cc4C3=O)cc2)cc1. The number of carbonyl (C=O) groups excluding carboxylic acids is 4. The Hall–Kier alpha value is -5.05. The van der Waals surface area contributed by atoms with E-state index in [1.165, 1.54) is 31.3 Å². The molecule has 0 fully saturated rings. The quantitative estimate of drug-likeness (QED) is 0.224. The number of benzene rings is 4. The van der Waals surface area contributed by atoms with Crippen molar-refractivity contribution in [2.45, 2.75) is 44.7 Å². The molecule has 4 aromatic rings. The van der Waals surface area contributed by atoms with Crippen molar-refractivity contribution in [3.8, 4) is 0 Å². The van der Waals surface area contributed by atoms with Crippen molar-refractivity contribution in [3.05, 3.63) is 135 Å². The minimum atomic E-state index is -4.86. The second kappa shape index (κ2) is 9.99. The fraction of sp³-hybridized carbons (Fsp3) is 0.222. The first-order chi connectivity index (χ1) is 21.1. The molecule has 0 aliphatic carbocycles. The second-order valence-corrected chi connectivity index (χ2v) is 12.3. The first kappa shape index (κ1) is 30.0. The predicted octanol–water partition coefficient (Wildman–Crippen LogP) is 7.22. The number of aryl methyl sites for hydroxylation is 1. The summed E-state index contributed by atoms with van der Waals surface area (Å²) in [6.07, 6.45) is -4.86. The van der Waals surface area contributed by atoms with Crippen LogP contribution in [0.5, 0.6) is 0 Å². The molecule has 4 aromatic carbocycles. The number of halogens is 3. The van der Waals surface area contributed by atoms with Crippen LogP contribution in [0.15, 0.2) is 84.9 Å². The van der Waals surface area contributed by atoms with Gasteiger partial charge in [-0.3, -0.25) is 24.1 Å². The smallest absolute Gasteiger partial charge is 0.277 e. The molecular formula is C36H29F3N2O4. The number of amides is 4. The fourth-order valence-corrected chi connectivity index (χ4v) is 6.12. The molecule has 0 aromatic heterocycles. The molecular weight excluding hydrogens is 581 g/mol. The molecule has 2 heterocycles. The highest BCUT2D eigenvalue weighted by molar-refractivity contribution is 6.34. The summed E-state index contributed by atoms with van der Waals surface area (Å²) in [5.74, 6) is -2.66. The van der Waals surface area contributed by atoms with Gasteiger partial charge in [0.05, 0.1) is 27.9 Å². The van der Waals surface area contributed by atoms with E-state index in [0.717, 1.165) is 45.5 Å². The van der Waals surface area contributed by atoms with Crippen LogP contribution in [0.4, 0.5) is 18.9 Å². The number of rotatable bonds is 5. The third-order valence-corrected chi connectivity index (χ3v) is 9.32. The largest absolute Gasteiger partial charge is 0.402 e. The number of hydrogen-bond acceptors (Lipinski definition) is 4. The molecule has 2 aliphatic rings. The maximum atomic E-state index is 14.9. The Morgan fingerprint density at radius 3 is 1.44 bits per heavy atom. The van der Waals surface area contributed by atoms with Gasteiger partial charge in [-0.15, -0.1) is 0 Å². The average Bonchev–Trinajstić information content (AvgIpc) is 3.39. The summed E-state index contributed by atoms with van der Waals surface area (Å²) in [6.45, 7) is 7.11. The summed E-state index contributed by atoms with van der Waals surface area (Å²) in [5.41, 5.74) is -0.351. The molecule has 1 unspecified atom stereocenters. The molecule has 228 valence electrons. The fourth-order valence-electron chi connectivity index (χ4n) is 6.12. The van der Waals surface area contributed by atoms with Crippen molar-refractivity contribution in [3.63, 3.8) is 0 Å². The van der Waals surface area contributed by atoms with Crippen molar-refractivity contribution in [2.24, 2.45) is 0 Å². The summed E-state index contributed by atoms with van der Waals surface area (Å²) in [6, 6.07) is 22.2. The van der Waals surface area contributed by atoms with Crippen LogP contribution in [-0.4, -0.2) is 41.8 Å². The van der Waals surface area contributed by atoms with Gasteiger partial charge in [-0.2, -0.15) is 13.2 Å². The lowest BCUT2D eigenvalue weighted by molar-refractivity contribution is -0.173. The van der Waals surface area contributed by atoms with Crippen LogP contribution in [0.2, 0.25) is 0 Å². The molecule has 2 aliphatic heterocycles. The number of imide groups is 2. The van der Waals surface area contributed by atoms with E-state index in [2.05, 4.69) is 26.0 Å². The van der Waals surface area contributed by atoms with Crippen LogP contribution in [0.1, 0.15) is 90.0 Å². The Morgan fingerprint density at radius 1 is 0.533 bits per heavy atom. The highest BCUT2D eigenvalue weighted by Gasteiger charge is 2.55. The van der Waals surface area contributed by atoms with Crippen LogP contribution >= 0.6 is 0 Å². The molecule has 9 heteroatoms. The first-order valence-electron chi connectivity index (χ1n) is 14.3. The standard InChI is InChI=1S/C36H29F3N2O4/c1-20-6-8-21(9-7-20)34(2,3)22-10-14-25(15-11-22)41-32(44)27-17-13-24(19-29(27)33(41)45)35(4,36(37,38)39)23-12-16-26-28(18-23)31(43)40(5)30(26)42/h6-19H,1-5H3. The summed E-state index contributed by atoms with van der Waals surface area (Å²) in [7, 11) is 1.26. The zero-order valence-electron chi connectivity index (χ0n) is 25.2. The maximum absolute atomic E-state index is 14.9. The number of alkyl halides is 3. The average molecular weight is 611 g/mol. The Balaban J connectivity index is 1.36. The zero-order chi connectivity index (χ0) is 32.6. The number of fused-ring (bicyclic) bond motifs is 2. The van der Waals surface area contributed by atoms with Gasteiger partial charge in [-0.05, 0) is 72.5 Å². The summed E-state index contributed by atoms with van der Waals surface area (Å²) < 4.78 is 44.7. The van der Waals surface area contributed by atoms with Gasteiger partial charge < -0.3 is 0 Å². The highest BCUT2D eigenvalue weighted by atomic mass is 19.4. The Labute approximate surface area is 258 Å². The molecule has 0 radical (unpaired) electrons. The lowest BCUT2D eigenvalue weighted by Gasteiger charge is -2.33. The Morgan fingerprint density at radius 2 is 0.933 bits per heavy atom. The maximum Gasteiger partial charge on any atom is 0.402 e. The van der Waals surface area contributed by atoms with E-state index < -0.39 is 35.2 Å². The molecule has 0 spiro atoms. The number of carbonyl (C=O) groups is 4. The summed E-state index contributed by atoms with van der Waals surface area (Å²) >= 11 is 0. The van der Waals surface area contributed by atoms with E-state index in [9.17, 15) is 32.3 Å². The lowest BCUT2D eigenvalue weighted by Crippen LogP contribution is -2.41. The van der Waals surface area contributed by atoms with E-state index in [0.29, 0.717) is 5.69 Å². The van der Waals surface area contributed by atoms with Crippen molar-refractivity contribution in [1.29, 1.82) is 0 Å². The van der Waals surface area contributed by atoms with Crippen molar-refractivity contribution < 1.29 is 32.3 Å². The highest BCUT2D eigenvalue weighted by Crippen LogP contribution is 2.48. The monoisotopic (exact) mass is 610 g/mol. The van der Waals surface area contributed by atoms with E-state index in [1.54, 1.807) is 12.1 Å². The molecule has 6 rings (SSSR count). The number of hydrogen-bond donors (Lipinski definition) is 0. The van der Waals surface area contributed by atoms with Gasteiger partial charge in [0.2, 0.25) is 0 Å². The zero-order valence-corrected chi connectivity index (χ0v) is 25.2. The van der Waals surface area contributed by atoms with Gasteiger partial charge in [0, 0.05) is 12.5 Å². The van der Waals surface area contributed by atoms with Crippen LogP contribution in [-0.2, 0) is 10.8 Å². The molecule has 0 saturated heterocycles. The van der Waals surface area contributed by atoms with Gasteiger partial charge in [0.15, 0.2) is 0 Å². The molecule has 45 heavy (non-hydrogen) atoms. The van der Waals surface area contributed by atoms with Gasteiger partial charge >= 0.3 is 6.18 Å². The summed E-state index contributed by atoms with van der Waals surface area (Å²) in [4.78, 5) is 53.7. The third-order valence-electron chi connectivity index (χ3n) is 9.32. The van der Waals surface area contributed by atoms with E-state index in [1.807, 2.05) is 31.2 Å². The minimum Gasteiger partial charge on any atom is -0.277 e. The van der Waals surface area contributed by atoms with Crippen molar-refractivity contribution >= 4 is 29.3 Å². The lowest BCUT2D eigenvalue weighted by atomic mass is 9.74. The van der Waals surface area contributed by atoms with Gasteiger partial charge in [0.1, 0.15) is 5.41 Å². The molecule has 4 amide bonds. The van der Waals surface area contributed by atoms with Crippen LogP contribution in [0.25, 0.3) is 0 Å². The molecule has 0 bridgehead atoms. The van der Waals surface area contributed by atoms with Crippen molar-refractivity contribution in [2.75, 3.05) is 11.9 Å². The van der Waals surface area contributed by atoms with Gasteiger partial charge in [-0.1, -0.05) is 67.9 Å². The Kier molecular flexibility index (Phi) is 6.66. The van der Waals surface area contributed by atoms with Crippen LogP contribution in [0, 0.1) is 6.92 Å². The third kappa shape index (κ3) is 4.40. The van der Waals surface area contributed by atoms with Crippen LogP contribution < -0.4 is 4.90 Å². The summed E-state index contributed by atoms with van der Waals surface area (Å²) in [5, 5.41) is 0. The van der Waals surface area contributed by atoms with E-state index in [4.69, 9.17) is 0 Å².